The maximum atomic E-state index is 12.3. The molecule has 2 rings (SSSR count). The van der Waals surface area contributed by atoms with Gasteiger partial charge in [-0.05, 0) is 19.1 Å². The first-order valence-corrected chi connectivity index (χ1v) is 6.68. The van der Waals surface area contributed by atoms with E-state index in [1.165, 1.54) is 0 Å². The summed E-state index contributed by atoms with van der Waals surface area (Å²) >= 11 is 0. The molecule has 1 aromatic carbocycles. The number of carbonyl (C=O) groups excluding carboxylic acids is 1. The first-order chi connectivity index (χ1) is 9.63. The largest absolute Gasteiger partial charge is 0.495 e. The Morgan fingerprint density at radius 2 is 2.25 bits per heavy atom. The van der Waals surface area contributed by atoms with Crippen LogP contribution in [0, 0.1) is 0 Å². The predicted octanol–water partition coefficient (Wildman–Crippen LogP) is 1.28. The Balaban J connectivity index is 2.04. The van der Waals surface area contributed by atoms with Crippen molar-refractivity contribution in [2.75, 3.05) is 32.1 Å². The monoisotopic (exact) mass is 279 g/mol. The van der Waals surface area contributed by atoms with Gasteiger partial charge < -0.3 is 25.4 Å². The minimum absolute atomic E-state index is 0.0132. The zero-order valence-electron chi connectivity index (χ0n) is 11.8. The highest BCUT2D eigenvalue weighted by atomic mass is 16.5. The molecule has 0 bridgehead atoms. The van der Waals surface area contributed by atoms with Crippen LogP contribution in [0.3, 0.4) is 0 Å². The molecule has 2 unspecified atom stereocenters. The van der Waals surface area contributed by atoms with Crippen molar-refractivity contribution < 1.29 is 14.3 Å². The summed E-state index contributed by atoms with van der Waals surface area (Å²) in [4.78, 5) is 14.0. The molecule has 1 saturated heterocycles. The second-order valence-corrected chi connectivity index (χ2v) is 4.84. The molecule has 0 spiro atoms. The maximum absolute atomic E-state index is 12.3. The normalized spacial score (nSPS) is 22.4. The molecular formula is C14H21N3O3. The Bertz CT molecular complexity index is 467. The fourth-order valence-electron chi connectivity index (χ4n) is 2.28. The summed E-state index contributed by atoms with van der Waals surface area (Å²) in [6, 6.07) is 7.16. The standard InChI is InChI=1S/C14H21N3O3/c1-10-8-17(9-11(7-15)20-10)14(18)16-12-5-3-4-6-13(12)19-2/h3-6,10-11H,7-9,15H2,1-2H3,(H,16,18). The lowest BCUT2D eigenvalue weighted by atomic mass is 10.2. The van der Waals surface area contributed by atoms with Gasteiger partial charge in [-0.2, -0.15) is 0 Å². The molecule has 2 amide bonds. The molecule has 0 aliphatic carbocycles. The number of nitrogens with one attached hydrogen (secondary N) is 1. The van der Waals surface area contributed by atoms with E-state index in [0.717, 1.165) is 0 Å². The SMILES string of the molecule is COc1ccccc1NC(=O)N1CC(C)OC(CN)C1. The van der Waals surface area contributed by atoms with Crippen LogP contribution in [-0.2, 0) is 4.74 Å². The van der Waals surface area contributed by atoms with Gasteiger partial charge >= 0.3 is 6.03 Å². The van der Waals surface area contributed by atoms with E-state index in [1.807, 2.05) is 19.1 Å². The van der Waals surface area contributed by atoms with Crippen molar-refractivity contribution in [3.63, 3.8) is 0 Å². The molecule has 6 heteroatoms. The second kappa shape index (κ2) is 6.58. The van der Waals surface area contributed by atoms with Crippen molar-refractivity contribution in [2.45, 2.75) is 19.1 Å². The first-order valence-electron chi connectivity index (χ1n) is 6.68. The number of para-hydroxylation sites is 2. The molecule has 110 valence electrons. The summed E-state index contributed by atoms with van der Waals surface area (Å²) in [6.07, 6.45) is -0.122. The summed E-state index contributed by atoms with van der Waals surface area (Å²) in [6.45, 7) is 3.40. The Morgan fingerprint density at radius 1 is 1.50 bits per heavy atom. The lowest BCUT2D eigenvalue weighted by Gasteiger charge is -2.36. The highest BCUT2D eigenvalue weighted by molar-refractivity contribution is 5.91. The van der Waals surface area contributed by atoms with Crippen molar-refractivity contribution in [3.8, 4) is 5.75 Å². The number of ether oxygens (including phenoxy) is 2. The fourth-order valence-corrected chi connectivity index (χ4v) is 2.28. The predicted molar refractivity (Wildman–Crippen MR) is 77.0 cm³/mol. The van der Waals surface area contributed by atoms with E-state index in [0.29, 0.717) is 31.1 Å². The minimum atomic E-state index is -0.164. The highest BCUT2D eigenvalue weighted by Gasteiger charge is 2.27. The molecule has 1 fully saturated rings. The number of hydrogen-bond donors (Lipinski definition) is 2. The Morgan fingerprint density at radius 3 is 2.95 bits per heavy atom. The van der Waals surface area contributed by atoms with Crippen LogP contribution in [0.5, 0.6) is 5.75 Å². The molecule has 0 aromatic heterocycles. The lowest BCUT2D eigenvalue weighted by molar-refractivity contribution is -0.0573. The maximum Gasteiger partial charge on any atom is 0.322 e. The van der Waals surface area contributed by atoms with Crippen LogP contribution in [0.4, 0.5) is 10.5 Å². The molecule has 1 aliphatic heterocycles. The van der Waals surface area contributed by atoms with E-state index in [2.05, 4.69) is 5.32 Å². The lowest BCUT2D eigenvalue weighted by Crippen LogP contribution is -2.52. The number of amides is 2. The molecule has 3 N–H and O–H groups in total. The number of carbonyl (C=O) groups is 1. The van der Waals surface area contributed by atoms with Crippen molar-refractivity contribution in [1.29, 1.82) is 0 Å². The number of anilines is 1. The van der Waals surface area contributed by atoms with Crippen molar-refractivity contribution in [1.82, 2.24) is 4.90 Å². The average Bonchev–Trinajstić information content (AvgIpc) is 2.47. The van der Waals surface area contributed by atoms with E-state index >= 15 is 0 Å². The quantitative estimate of drug-likeness (QED) is 0.873. The van der Waals surface area contributed by atoms with Crippen molar-refractivity contribution in [3.05, 3.63) is 24.3 Å². The summed E-state index contributed by atoms with van der Waals surface area (Å²) < 4.78 is 10.9. The van der Waals surface area contributed by atoms with Gasteiger partial charge in [0.1, 0.15) is 5.75 Å². The topological polar surface area (TPSA) is 76.8 Å². The van der Waals surface area contributed by atoms with E-state index in [4.69, 9.17) is 15.2 Å². The number of urea groups is 1. The van der Waals surface area contributed by atoms with E-state index in [-0.39, 0.29) is 18.2 Å². The molecule has 0 saturated carbocycles. The van der Waals surface area contributed by atoms with E-state index in [1.54, 1.807) is 24.1 Å². The molecule has 1 heterocycles. The molecule has 1 aromatic rings. The number of rotatable bonds is 3. The summed E-state index contributed by atoms with van der Waals surface area (Å²) in [7, 11) is 1.58. The fraction of sp³-hybridized carbons (Fsp3) is 0.500. The second-order valence-electron chi connectivity index (χ2n) is 4.84. The number of nitrogens with two attached hydrogens (primary N) is 1. The third-order valence-electron chi connectivity index (χ3n) is 3.22. The van der Waals surface area contributed by atoms with Crippen LogP contribution in [0.1, 0.15) is 6.92 Å². The van der Waals surface area contributed by atoms with Crippen LogP contribution in [0.25, 0.3) is 0 Å². The van der Waals surface area contributed by atoms with Gasteiger partial charge in [0.05, 0.1) is 25.0 Å². The van der Waals surface area contributed by atoms with Crippen LogP contribution in [-0.4, -0.2) is 49.9 Å². The molecule has 0 radical (unpaired) electrons. The minimum Gasteiger partial charge on any atom is -0.495 e. The number of morpholine rings is 1. The van der Waals surface area contributed by atoms with Crippen LogP contribution >= 0.6 is 0 Å². The zero-order valence-corrected chi connectivity index (χ0v) is 11.8. The molecule has 6 nitrogen and oxygen atoms in total. The van der Waals surface area contributed by atoms with Gasteiger partial charge in [-0.25, -0.2) is 4.79 Å². The highest BCUT2D eigenvalue weighted by Crippen LogP contribution is 2.23. The van der Waals surface area contributed by atoms with Crippen LogP contribution in [0.15, 0.2) is 24.3 Å². The first kappa shape index (κ1) is 14.6. The van der Waals surface area contributed by atoms with Gasteiger partial charge in [-0.3, -0.25) is 0 Å². The van der Waals surface area contributed by atoms with Crippen molar-refractivity contribution >= 4 is 11.7 Å². The number of hydrogen-bond acceptors (Lipinski definition) is 4. The number of methoxy groups -OCH3 is 1. The van der Waals surface area contributed by atoms with Crippen LogP contribution < -0.4 is 15.8 Å². The Hall–Kier alpha value is -1.79. The molecule has 2 atom stereocenters. The molecule has 1 aliphatic rings. The molecular weight excluding hydrogens is 258 g/mol. The van der Waals surface area contributed by atoms with Gasteiger partial charge in [-0.1, -0.05) is 12.1 Å². The summed E-state index contributed by atoms with van der Waals surface area (Å²) in [5.41, 5.74) is 6.28. The van der Waals surface area contributed by atoms with E-state index in [9.17, 15) is 4.79 Å². The van der Waals surface area contributed by atoms with Gasteiger partial charge in [-0.15, -0.1) is 0 Å². The van der Waals surface area contributed by atoms with Crippen molar-refractivity contribution in [2.24, 2.45) is 5.73 Å². The average molecular weight is 279 g/mol. The smallest absolute Gasteiger partial charge is 0.322 e. The van der Waals surface area contributed by atoms with Crippen LogP contribution in [0.2, 0.25) is 0 Å². The zero-order chi connectivity index (χ0) is 14.5. The van der Waals surface area contributed by atoms with Gasteiger partial charge in [0.15, 0.2) is 0 Å². The third-order valence-corrected chi connectivity index (χ3v) is 3.22. The third kappa shape index (κ3) is 3.40. The number of nitrogens with zero attached hydrogens (tertiary/aromatic N) is 1. The Kier molecular flexibility index (Phi) is 4.81. The summed E-state index contributed by atoms with van der Waals surface area (Å²) in [5, 5.41) is 2.86. The van der Waals surface area contributed by atoms with E-state index < -0.39 is 0 Å². The van der Waals surface area contributed by atoms with Gasteiger partial charge in [0, 0.05) is 19.6 Å². The van der Waals surface area contributed by atoms with Gasteiger partial charge in [0.25, 0.3) is 0 Å². The molecule has 20 heavy (non-hydrogen) atoms. The Labute approximate surface area is 118 Å². The number of benzene rings is 1. The van der Waals surface area contributed by atoms with Gasteiger partial charge in [0.2, 0.25) is 0 Å². The summed E-state index contributed by atoms with van der Waals surface area (Å²) in [5.74, 6) is 0.637.